The van der Waals surface area contributed by atoms with Gasteiger partial charge >= 0.3 is 0 Å². The van der Waals surface area contributed by atoms with Gasteiger partial charge in [-0.1, -0.05) is 0 Å². The van der Waals surface area contributed by atoms with Gasteiger partial charge in [0, 0.05) is 12.6 Å². The molecule has 1 fully saturated rings. The molecule has 0 amide bonds. The molecule has 84 valence electrons. The highest BCUT2D eigenvalue weighted by atomic mass is 79.9. The van der Waals surface area contributed by atoms with E-state index in [1.807, 2.05) is 22.8 Å². The molecule has 1 unspecified atom stereocenters. The molecular formula is C11H13BrN4. The Morgan fingerprint density at radius 1 is 1.56 bits per heavy atom. The van der Waals surface area contributed by atoms with E-state index in [1.54, 1.807) is 0 Å². The van der Waals surface area contributed by atoms with E-state index in [2.05, 4.69) is 31.3 Å². The Hall–Kier alpha value is -0.940. The third kappa shape index (κ3) is 1.85. The summed E-state index contributed by atoms with van der Waals surface area (Å²) >= 11 is 3.49. The van der Waals surface area contributed by atoms with Gasteiger partial charge in [0.25, 0.3) is 0 Å². The highest BCUT2D eigenvalue weighted by Gasteiger charge is 2.17. The van der Waals surface area contributed by atoms with E-state index >= 15 is 0 Å². The first-order valence-corrected chi connectivity index (χ1v) is 6.33. The number of hydrogen-bond donors (Lipinski definition) is 1. The molecule has 0 saturated carbocycles. The quantitative estimate of drug-likeness (QED) is 0.910. The summed E-state index contributed by atoms with van der Waals surface area (Å²) in [7, 11) is 0. The Morgan fingerprint density at radius 2 is 2.50 bits per heavy atom. The fraction of sp³-hybridized carbons (Fsp3) is 0.455. The fourth-order valence-corrected chi connectivity index (χ4v) is 2.57. The zero-order valence-corrected chi connectivity index (χ0v) is 10.4. The molecule has 0 spiro atoms. The van der Waals surface area contributed by atoms with Crippen LogP contribution in [0.15, 0.2) is 22.8 Å². The monoisotopic (exact) mass is 280 g/mol. The predicted molar refractivity (Wildman–Crippen MR) is 65.4 cm³/mol. The van der Waals surface area contributed by atoms with Gasteiger partial charge in [-0.05, 0) is 53.5 Å². The molecule has 1 aliphatic rings. The number of nitrogens with zero attached hydrogens (tertiary/aromatic N) is 3. The van der Waals surface area contributed by atoms with Crippen LogP contribution in [0.2, 0.25) is 0 Å². The van der Waals surface area contributed by atoms with Crippen LogP contribution in [0, 0.1) is 5.92 Å². The SMILES string of the molecule is Brc1cccn2nc(CC3CCNC3)nc12. The van der Waals surface area contributed by atoms with Crippen LogP contribution in [-0.4, -0.2) is 27.7 Å². The van der Waals surface area contributed by atoms with Crippen LogP contribution in [0.1, 0.15) is 12.2 Å². The molecule has 1 atom stereocenters. The summed E-state index contributed by atoms with van der Waals surface area (Å²) in [6.07, 6.45) is 4.14. The van der Waals surface area contributed by atoms with Crippen molar-refractivity contribution in [3.63, 3.8) is 0 Å². The van der Waals surface area contributed by atoms with Crippen molar-refractivity contribution in [1.82, 2.24) is 19.9 Å². The van der Waals surface area contributed by atoms with Gasteiger partial charge in [-0.2, -0.15) is 5.10 Å². The molecule has 1 N–H and O–H groups in total. The summed E-state index contributed by atoms with van der Waals surface area (Å²) in [6.45, 7) is 2.22. The molecule has 4 nitrogen and oxygen atoms in total. The van der Waals surface area contributed by atoms with Crippen LogP contribution >= 0.6 is 15.9 Å². The van der Waals surface area contributed by atoms with Gasteiger partial charge in [0.1, 0.15) is 0 Å². The maximum Gasteiger partial charge on any atom is 0.169 e. The first-order valence-electron chi connectivity index (χ1n) is 5.53. The average Bonchev–Trinajstić information content (AvgIpc) is 2.88. The lowest BCUT2D eigenvalue weighted by Crippen LogP contribution is -2.11. The summed E-state index contributed by atoms with van der Waals surface area (Å²) in [6, 6.07) is 3.96. The molecule has 2 aromatic rings. The number of halogens is 1. The van der Waals surface area contributed by atoms with Crippen molar-refractivity contribution in [3.05, 3.63) is 28.6 Å². The number of hydrogen-bond acceptors (Lipinski definition) is 3. The van der Waals surface area contributed by atoms with E-state index in [0.29, 0.717) is 5.92 Å². The minimum absolute atomic E-state index is 0.691. The van der Waals surface area contributed by atoms with Crippen LogP contribution in [0.4, 0.5) is 0 Å². The Bertz CT molecular complexity index is 502. The molecule has 5 heteroatoms. The lowest BCUT2D eigenvalue weighted by molar-refractivity contribution is 0.561. The van der Waals surface area contributed by atoms with Crippen molar-refractivity contribution in [2.24, 2.45) is 5.92 Å². The van der Waals surface area contributed by atoms with Crippen molar-refractivity contribution in [3.8, 4) is 0 Å². The molecule has 1 saturated heterocycles. The Morgan fingerprint density at radius 3 is 3.25 bits per heavy atom. The molecule has 0 bridgehead atoms. The molecule has 3 heterocycles. The number of rotatable bonds is 2. The fourth-order valence-electron chi connectivity index (χ4n) is 2.15. The maximum atomic E-state index is 4.55. The van der Waals surface area contributed by atoms with E-state index in [-0.39, 0.29) is 0 Å². The zero-order chi connectivity index (χ0) is 11.0. The molecule has 0 aromatic carbocycles. The van der Waals surface area contributed by atoms with Gasteiger partial charge in [0.2, 0.25) is 0 Å². The maximum absolute atomic E-state index is 4.55. The summed E-state index contributed by atoms with van der Waals surface area (Å²) in [4.78, 5) is 4.55. The van der Waals surface area contributed by atoms with Gasteiger partial charge in [-0.25, -0.2) is 9.50 Å². The van der Waals surface area contributed by atoms with Crippen LogP contribution < -0.4 is 5.32 Å². The van der Waals surface area contributed by atoms with Crippen molar-refractivity contribution >= 4 is 21.6 Å². The lowest BCUT2D eigenvalue weighted by Gasteiger charge is -2.02. The van der Waals surface area contributed by atoms with Gasteiger partial charge in [0.05, 0.1) is 4.47 Å². The highest BCUT2D eigenvalue weighted by molar-refractivity contribution is 9.10. The molecule has 1 aliphatic heterocycles. The summed E-state index contributed by atoms with van der Waals surface area (Å²) in [5, 5.41) is 7.85. The van der Waals surface area contributed by atoms with Crippen LogP contribution in [0.3, 0.4) is 0 Å². The number of pyridine rings is 1. The Kier molecular flexibility index (Phi) is 2.65. The third-order valence-electron chi connectivity index (χ3n) is 2.99. The van der Waals surface area contributed by atoms with Crippen molar-refractivity contribution in [1.29, 1.82) is 0 Å². The molecule has 16 heavy (non-hydrogen) atoms. The van der Waals surface area contributed by atoms with Crippen LogP contribution in [-0.2, 0) is 6.42 Å². The van der Waals surface area contributed by atoms with Crippen LogP contribution in [0.25, 0.3) is 5.65 Å². The van der Waals surface area contributed by atoms with Gasteiger partial charge in [0.15, 0.2) is 11.5 Å². The second-order valence-corrected chi connectivity index (χ2v) is 5.07. The van der Waals surface area contributed by atoms with Crippen LogP contribution in [0.5, 0.6) is 0 Å². The third-order valence-corrected chi connectivity index (χ3v) is 3.61. The number of fused-ring (bicyclic) bond motifs is 1. The number of aromatic nitrogens is 3. The van der Waals surface area contributed by atoms with Gasteiger partial charge < -0.3 is 5.32 Å². The lowest BCUT2D eigenvalue weighted by atomic mass is 10.1. The van der Waals surface area contributed by atoms with E-state index in [0.717, 1.165) is 35.5 Å². The van der Waals surface area contributed by atoms with Gasteiger partial charge in [-0.3, -0.25) is 0 Å². The molecule has 2 aromatic heterocycles. The Labute approximate surface area is 102 Å². The number of nitrogens with one attached hydrogen (secondary N) is 1. The first kappa shape index (κ1) is 10.2. The van der Waals surface area contributed by atoms with E-state index in [4.69, 9.17) is 0 Å². The van der Waals surface area contributed by atoms with E-state index in [9.17, 15) is 0 Å². The van der Waals surface area contributed by atoms with E-state index in [1.165, 1.54) is 6.42 Å². The highest BCUT2D eigenvalue weighted by Crippen LogP contribution is 2.18. The topological polar surface area (TPSA) is 42.2 Å². The minimum atomic E-state index is 0.691. The summed E-state index contributed by atoms with van der Waals surface area (Å²) < 4.78 is 2.83. The summed E-state index contributed by atoms with van der Waals surface area (Å²) in [5.74, 6) is 1.64. The van der Waals surface area contributed by atoms with Crippen molar-refractivity contribution in [2.45, 2.75) is 12.8 Å². The van der Waals surface area contributed by atoms with Crippen molar-refractivity contribution < 1.29 is 0 Å². The predicted octanol–water partition coefficient (Wildman–Crippen LogP) is 1.64. The second-order valence-electron chi connectivity index (χ2n) is 4.22. The van der Waals surface area contributed by atoms with Gasteiger partial charge in [-0.15, -0.1) is 0 Å². The van der Waals surface area contributed by atoms with Crippen molar-refractivity contribution in [2.75, 3.05) is 13.1 Å². The average molecular weight is 281 g/mol. The minimum Gasteiger partial charge on any atom is -0.316 e. The smallest absolute Gasteiger partial charge is 0.169 e. The Balaban J connectivity index is 1.90. The molecule has 3 rings (SSSR count). The summed E-state index contributed by atoms with van der Waals surface area (Å²) in [5.41, 5.74) is 0.906. The largest absolute Gasteiger partial charge is 0.316 e. The molecule has 0 aliphatic carbocycles. The van der Waals surface area contributed by atoms with E-state index < -0.39 is 0 Å². The standard InChI is InChI=1S/C11H13BrN4/c12-9-2-1-5-16-11(9)14-10(15-16)6-8-3-4-13-7-8/h1-2,5,8,13H,3-4,6-7H2. The molecular weight excluding hydrogens is 268 g/mol. The molecule has 0 radical (unpaired) electrons. The first-order chi connectivity index (χ1) is 7.83. The zero-order valence-electron chi connectivity index (χ0n) is 8.86. The second kappa shape index (κ2) is 4.14. The normalized spacial score (nSPS) is 20.7.